The average Bonchev–Trinajstić information content (AvgIpc) is 3.07. The van der Waals surface area contributed by atoms with Crippen LogP contribution < -0.4 is 0 Å². The van der Waals surface area contributed by atoms with E-state index in [0.717, 1.165) is 72.8 Å². The van der Waals surface area contributed by atoms with Crippen LogP contribution in [0.1, 0.15) is 0 Å². The SMILES string of the molecule is O=S(=O)(O)c1ccc2c(N=Nc3ccc(N=Nc4c(O)c(S(=O)(=O)O)cc5cc(S(=O)(=O)O)ccc45)c4ccc(S(=O)(=O)O)cc34)cc(S(=O)(=O)O)cc2c1.[Na].[Na].[Na].[Na].[Na]. The van der Waals surface area contributed by atoms with E-state index in [1.807, 2.05) is 0 Å². The van der Waals surface area contributed by atoms with E-state index in [4.69, 9.17) is 0 Å². The molecule has 0 aliphatic heterocycles. The molecule has 0 fully saturated rings. The van der Waals surface area contributed by atoms with Crippen LogP contribution in [0.3, 0.4) is 0 Å². The zero-order valence-corrected chi connectivity index (χ0v) is 45.8. The molecular weight excluding hydrogens is 948 g/mol. The molecule has 0 aromatic heterocycles. The van der Waals surface area contributed by atoms with E-state index in [1.54, 1.807) is 0 Å². The molecule has 0 aliphatic rings. The van der Waals surface area contributed by atoms with Crippen LogP contribution in [0, 0.1) is 0 Å². The van der Waals surface area contributed by atoms with Crippen molar-refractivity contribution in [3.63, 3.8) is 0 Å². The monoisotopic (exact) mass is 967 g/mol. The number of hydrogen-bond donors (Lipinski definition) is 6. The number of benzene rings is 6. The van der Waals surface area contributed by atoms with Crippen molar-refractivity contribution in [2.24, 2.45) is 20.5 Å². The van der Waals surface area contributed by atoms with Gasteiger partial charge in [0.15, 0.2) is 5.75 Å². The van der Waals surface area contributed by atoms with Gasteiger partial charge in [0.2, 0.25) is 0 Å². The van der Waals surface area contributed by atoms with E-state index < -0.39 is 86.5 Å². The first-order valence-electron chi connectivity index (χ1n) is 14.5. The molecule has 0 saturated carbocycles. The number of fused-ring (bicyclic) bond motifs is 3. The third-order valence-electron chi connectivity index (χ3n) is 7.83. The van der Waals surface area contributed by atoms with Crippen molar-refractivity contribution in [3.05, 3.63) is 84.9 Å². The first kappa shape index (κ1) is 57.7. The molecule has 6 rings (SSSR count). The molecule has 0 bridgehead atoms. The van der Waals surface area contributed by atoms with Crippen molar-refractivity contribution < 1.29 is 70.0 Å². The van der Waals surface area contributed by atoms with Gasteiger partial charge >= 0.3 is 0 Å². The van der Waals surface area contributed by atoms with Gasteiger partial charge in [-0.15, -0.1) is 20.5 Å². The molecule has 6 N–H and O–H groups in total. The van der Waals surface area contributed by atoms with Gasteiger partial charge in [0.25, 0.3) is 50.6 Å². The van der Waals surface area contributed by atoms with Gasteiger partial charge in [-0.25, -0.2) is 0 Å². The van der Waals surface area contributed by atoms with Crippen molar-refractivity contribution in [2.45, 2.75) is 24.5 Å². The Balaban J connectivity index is 0.00000360. The molecule has 0 unspecified atom stereocenters. The summed E-state index contributed by atoms with van der Waals surface area (Å²) in [7, 11) is -24.4. The van der Waals surface area contributed by atoms with Gasteiger partial charge in [-0.2, -0.15) is 42.1 Å². The van der Waals surface area contributed by atoms with Gasteiger partial charge in [-0.3, -0.25) is 22.8 Å². The summed E-state index contributed by atoms with van der Waals surface area (Å²) in [6.07, 6.45) is 0. The molecule has 60 heavy (non-hydrogen) atoms. The van der Waals surface area contributed by atoms with Crippen LogP contribution in [0.15, 0.2) is 130 Å². The number of phenolic OH excluding ortho intramolecular Hbond substituents is 1. The largest absolute Gasteiger partial charge is 0.504 e. The molecule has 20 nitrogen and oxygen atoms in total. The van der Waals surface area contributed by atoms with Gasteiger partial charge in [-0.1, -0.05) is 18.2 Å². The Morgan fingerprint density at radius 2 is 0.733 bits per heavy atom. The molecule has 0 atom stereocenters. The van der Waals surface area contributed by atoms with Crippen LogP contribution in [0.5, 0.6) is 5.75 Å². The van der Waals surface area contributed by atoms with Crippen molar-refractivity contribution in [3.8, 4) is 5.75 Å². The molecule has 0 heterocycles. The van der Waals surface area contributed by atoms with Gasteiger partial charge in [0.1, 0.15) is 10.6 Å². The van der Waals surface area contributed by atoms with E-state index >= 15 is 0 Å². The minimum Gasteiger partial charge on any atom is -0.504 e. The van der Waals surface area contributed by atoms with E-state index in [2.05, 4.69) is 20.5 Å². The third-order valence-corrected chi connectivity index (χ3v) is 12.1. The fraction of sp³-hybridized carbons (Fsp3) is 0. The second-order valence-corrected chi connectivity index (χ2v) is 18.4. The van der Waals surface area contributed by atoms with Crippen LogP contribution in [-0.2, 0) is 50.6 Å². The summed E-state index contributed by atoms with van der Waals surface area (Å²) in [6, 6.07) is 13.9. The Bertz CT molecular complexity index is 3320. The molecule has 30 heteroatoms. The Morgan fingerprint density at radius 1 is 0.350 bits per heavy atom. The van der Waals surface area contributed by atoms with Crippen molar-refractivity contribution in [1.29, 1.82) is 0 Å². The minimum absolute atomic E-state index is 0. The zero-order valence-electron chi connectivity index (χ0n) is 31.7. The maximum atomic E-state index is 12.1. The molecule has 291 valence electrons. The Kier molecular flexibility index (Phi) is 20.5. The van der Waals surface area contributed by atoms with Crippen molar-refractivity contribution in [2.75, 3.05) is 0 Å². The van der Waals surface area contributed by atoms with Crippen LogP contribution in [0.2, 0.25) is 0 Å². The number of nitrogens with zero attached hydrogens (tertiary/aromatic N) is 4. The quantitative estimate of drug-likeness (QED) is 0.0677. The fourth-order valence-electron chi connectivity index (χ4n) is 5.32. The summed E-state index contributed by atoms with van der Waals surface area (Å²) >= 11 is 0. The molecule has 0 saturated heterocycles. The Hall–Kier alpha value is -0.350. The maximum absolute atomic E-state index is 12.1. The van der Waals surface area contributed by atoms with Crippen molar-refractivity contribution in [1.82, 2.24) is 0 Å². The molecule has 5 radical (unpaired) electrons. The van der Waals surface area contributed by atoms with Gasteiger partial charge in [-0.05, 0) is 77.5 Å². The fourth-order valence-corrected chi connectivity index (χ4v) is 8.02. The summed E-state index contributed by atoms with van der Waals surface area (Å²) in [4.78, 5) is -3.75. The Morgan fingerprint density at radius 3 is 1.22 bits per heavy atom. The summed E-state index contributed by atoms with van der Waals surface area (Å²) in [6.45, 7) is 0. The molecule has 6 aromatic carbocycles. The van der Waals surface area contributed by atoms with Gasteiger partial charge in [0, 0.05) is 169 Å². The molecule has 0 spiro atoms. The van der Waals surface area contributed by atoms with E-state index in [9.17, 15) is 70.0 Å². The van der Waals surface area contributed by atoms with Crippen LogP contribution in [-0.4, -0.2) is 218 Å². The van der Waals surface area contributed by atoms with Crippen molar-refractivity contribution >= 4 is 253 Å². The predicted octanol–water partition coefficient (Wildman–Crippen LogP) is 4.01. The molecule has 0 amide bonds. The van der Waals surface area contributed by atoms with Gasteiger partial charge in [0.05, 0.1) is 36.6 Å². The maximum Gasteiger partial charge on any atom is 0.298 e. The number of aromatic hydroxyl groups is 1. The summed E-state index contributed by atoms with van der Waals surface area (Å²) in [5, 5.41) is 26.5. The van der Waals surface area contributed by atoms with E-state index in [1.165, 1.54) is 12.1 Å². The number of phenols is 1. The molecule has 0 aliphatic carbocycles. The van der Waals surface area contributed by atoms with Crippen LogP contribution >= 0.6 is 0 Å². The summed E-state index contributed by atoms with van der Waals surface area (Å²) < 4.78 is 167. The first-order valence-corrected chi connectivity index (χ1v) is 21.7. The van der Waals surface area contributed by atoms with Crippen LogP contribution in [0.4, 0.5) is 22.7 Å². The second-order valence-electron chi connectivity index (χ2n) is 11.4. The van der Waals surface area contributed by atoms with E-state index in [-0.39, 0.29) is 197 Å². The third kappa shape index (κ3) is 12.9. The smallest absolute Gasteiger partial charge is 0.298 e. The number of azo groups is 2. The van der Waals surface area contributed by atoms with E-state index in [0.29, 0.717) is 0 Å². The minimum atomic E-state index is -5.15. The normalized spacial score (nSPS) is 12.3. The second kappa shape index (κ2) is 21.3. The van der Waals surface area contributed by atoms with Crippen LogP contribution in [0.25, 0.3) is 32.3 Å². The first-order chi connectivity index (χ1) is 25.3. The zero-order chi connectivity index (χ0) is 40.5. The van der Waals surface area contributed by atoms with Gasteiger partial charge < -0.3 is 5.11 Å². The standard InChI is InChI=1S/C30H20N4O16S5.5Na/c35-30-28(55(48,49)50)12-16-10-18(52(39,40)41)2-5-22(16)29(30)34-32-25-7-8-26(24-13-19(53(42,43)44)3-6-23(24)25)31-33-27-14-20(54(45,46)47)11-15-9-17(51(36,37)38)1-4-21(15)27;;;;;/h1-14,35H,(H,36,37,38)(H,39,40,41)(H,42,43,44)(H,45,46,47)(H,48,49,50);;;;;. The predicted molar refractivity (Wildman–Crippen MR) is 220 cm³/mol. The topological polar surface area (TPSA) is 342 Å². The number of rotatable bonds is 9. The summed E-state index contributed by atoms with van der Waals surface area (Å²) in [5.41, 5.74) is -1.13. The molecule has 6 aromatic rings. The molecular formula is C30H20N4Na5O16S5. The number of hydrogen-bond acceptors (Lipinski definition) is 15. The summed E-state index contributed by atoms with van der Waals surface area (Å²) in [5.74, 6) is -1.11. The Labute approximate surface area is 451 Å². The average molecular weight is 968 g/mol.